The Labute approximate surface area is 158 Å². The van der Waals surface area contributed by atoms with E-state index < -0.39 is 6.10 Å². The first-order chi connectivity index (χ1) is 12.6. The molecule has 1 amide bonds. The van der Waals surface area contributed by atoms with E-state index >= 15 is 0 Å². The van der Waals surface area contributed by atoms with Crippen LogP contribution in [0.2, 0.25) is 5.02 Å². The molecular formula is C22H20ClNO2. The monoisotopic (exact) mass is 365 g/mol. The predicted octanol–water partition coefficient (Wildman–Crippen LogP) is 4.93. The lowest BCUT2D eigenvalue weighted by Crippen LogP contribution is -2.29. The van der Waals surface area contributed by atoms with E-state index in [-0.39, 0.29) is 11.9 Å². The normalized spacial score (nSPS) is 13.0. The van der Waals surface area contributed by atoms with Crippen molar-refractivity contribution in [2.75, 3.05) is 0 Å². The first-order valence-electron chi connectivity index (χ1n) is 8.48. The molecule has 0 fully saturated rings. The third-order valence-electron chi connectivity index (χ3n) is 4.26. The standard InChI is InChI=1S/C22H20ClNO2/c23-19-13-11-18(12-14-19)22(26)24-20(16-7-3-1-4-8-16)15-21(25)17-9-5-2-6-10-17/h1-14,20-21,25H,15H2,(H,24,26)/t20-,21-/m1/s1. The van der Waals surface area contributed by atoms with Crippen LogP contribution in [0.3, 0.4) is 0 Å². The average Bonchev–Trinajstić information content (AvgIpc) is 2.69. The number of benzene rings is 3. The minimum atomic E-state index is -0.674. The first-order valence-corrected chi connectivity index (χ1v) is 8.85. The summed E-state index contributed by atoms with van der Waals surface area (Å²) < 4.78 is 0. The molecule has 0 aliphatic carbocycles. The van der Waals surface area contributed by atoms with Gasteiger partial charge in [0.2, 0.25) is 0 Å². The van der Waals surface area contributed by atoms with Gasteiger partial charge < -0.3 is 10.4 Å². The minimum Gasteiger partial charge on any atom is -0.388 e. The molecule has 4 heteroatoms. The van der Waals surface area contributed by atoms with Crippen molar-refractivity contribution >= 4 is 17.5 Å². The Balaban J connectivity index is 1.79. The van der Waals surface area contributed by atoms with E-state index in [1.807, 2.05) is 60.7 Å². The second-order valence-electron chi connectivity index (χ2n) is 6.11. The van der Waals surface area contributed by atoms with Crippen molar-refractivity contribution in [2.24, 2.45) is 0 Å². The maximum Gasteiger partial charge on any atom is 0.251 e. The van der Waals surface area contributed by atoms with E-state index in [1.165, 1.54) is 0 Å². The molecule has 26 heavy (non-hydrogen) atoms. The molecule has 0 saturated carbocycles. The van der Waals surface area contributed by atoms with E-state index in [9.17, 15) is 9.90 Å². The van der Waals surface area contributed by atoms with Crippen LogP contribution in [0.1, 0.15) is 40.1 Å². The van der Waals surface area contributed by atoms with Gasteiger partial charge in [0.1, 0.15) is 0 Å². The van der Waals surface area contributed by atoms with Crippen LogP contribution >= 0.6 is 11.6 Å². The molecule has 3 aromatic rings. The molecule has 0 unspecified atom stereocenters. The molecule has 3 aromatic carbocycles. The average molecular weight is 366 g/mol. The van der Waals surface area contributed by atoms with Gasteiger partial charge in [-0.1, -0.05) is 72.3 Å². The van der Waals surface area contributed by atoms with Crippen molar-refractivity contribution in [1.29, 1.82) is 0 Å². The van der Waals surface area contributed by atoms with Crippen LogP contribution in [-0.4, -0.2) is 11.0 Å². The van der Waals surface area contributed by atoms with E-state index in [0.717, 1.165) is 11.1 Å². The van der Waals surface area contributed by atoms with Crippen molar-refractivity contribution in [2.45, 2.75) is 18.6 Å². The maximum absolute atomic E-state index is 12.6. The number of halogens is 1. The Bertz CT molecular complexity index is 835. The second kappa shape index (κ2) is 8.65. The number of rotatable bonds is 6. The lowest BCUT2D eigenvalue weighted by Gasteiger charge is -2.22. The Morgan fingerprint density at radius 3 is 1.96 bits per heavy atom. The van der Waals surface area contributed by atoms with Crippen LogP contribution in [0.25, 0.3) is 0 Å². The molecule has 132 valence electrons. The fourth-order valence-electron chi connectivity index (χ4n) is 2.84. The van der Waals surface area contributed by atoms with Crippen LogP contribution in [0.5, 0.6) is 0 Å². The van der Waals surface area contributed by atoms with Gasteiger partial charge in [-0.25, -0.2) is 0 Å². The summed E-state index contributed by atoms with van der Waals surface area (Å²) in [5, 5.41) is 14.2. The zero-order chi connectivity index (χ0) is 18.4. The third kappa shape index (κ3) is 4.72. The van der Waals surface area contributed by atoms with Crippen molar-refractivity contribution in [3.63, 3.8) is 0 Å². The summed E-state index contributed by atoms with van der Waals surface area (Å²) >= 11 is 5.89. The molecule has 0 saturated heterocycles. The summed E-state index contributed by atoms with van der Waals surface area (Å²) in [6.45, 7) is 0. The maximum atomic E-state index is 12.6. The van der Waals surface area contributed by atoms with Gasteiger partial charge in [-0.05, 0) is 35.4 Å². The highest BCUT2D eigenvalue weighted by Crippen LogP contribution is 2.27. The summed E-state index contributed by atoms with van der Waals surface area (Å²) in [6, 6.07) is 25.6. The van der Waals surface area contributed by atoms with Crippen molar-refractivity contribution in [1.82, 2.24) is 5.32 Å². The molecule has 2 atom stereocenters. The van der Waals surface area contributed by atoms with Crippen LogP contribution in [0.15, 0.2) is 84.9 Å². The summed E-state index contributed by atoms with van der Waals surface area (Å²) in [7, 11) is 0. The number of carbonyl (C=O) groups excluding carboxylic acids is 1. The number of hydrogen-bond donors (Lipinski definition) is 2. The fourth-order valence-corrected chi connectivity index (χ4v) is 2.97. The quantitative estimate of drug-likeness (QED) is 0.650. The Hall–Kier alpha value is -2.62. The number of aliphatic hydroxyl groups excluding tert-OH is 1. The van der Waals surface area contributed by atoms with Crippen molar-refractivity contribution < 1.29 is 9.90 Å². The highest BCUT2D eigenvalue weighted by molar-refractivity contribution is 6.30. The molecule has 0 aromatic heterocycles. The first kappa shape index (κ1) is 18.2. The number of carbonyl (C=O) groups is 1. The third-order valence-corrected chi connectivity index (χ3v) is 4.51. The van der Waals surface area contributed by atoms with Gasteiger partial charge in [-0.3, -0.25) is 4.79 Å². The van der Waals surface area contributed by atoms with Gasteiger partial charge in [0.15, 0.2) is 0 Å². The van der Waals surface area contributed by atoms with Crippen LogP contribution in [0, 0.1) is 0 Å². The van der Waals surface area contributed by atoms with Crippen LogP contribution in [-0.2, 0) is 0 Å². The largest absolute Gasteiger partial charge is 0.388 e. The Morgan fingerprint density at radius 2 is 1.38 bits per heavy atom. The molecule has 3 rings (SSSR count). The SMILES string of the molecule is O=C(N[C@H](C[C@@H](O)c1ccccc1)c1ccccc1)c1ccc(Cl)cc1. The topological polar surface area (TPSA) is 49.3 Å². The van der Waals surface area contributed by atoms with Crippen molar-refractivity contribution in [3.8, 4) is 0 Å². The predicted molar refractivity (Wildman–Crippen MR) is 104 cm³/mol. The molecule has 0 aliphatic rings. The van der Waals surface area contributed by atoms with Gasteiger partial charge in [0, 0.05) is 17.0 Å². The van der Waals surface area contributed by atoms with Gasteiger partial charge >= 0.3 is 0 Å². The molecule has 0 bridgehead atoms. The summed E-state index contributed by atoms with van der Waals surface area (Å²) in [5.41, 5.74) is 2.31. The molecule has 2 N–H and O–H groups in total. The molecule has 3 nitrogen and oxygen atoms in total. The van der Waals surface area contributed by atoms with E-state index in [2.05, 4.69) is 5.32 Å². The lowest BCUT2D eigenvalue weighted by molar-refractivity contribution is 0.0909. The van der Waals surface area contributed by atoms with Gasteiger partial charge in [0.05, 0.1) is 12.1 Å². The van der Waals surface area contributed by atoms with E-state index in [0.29, 0.717) is 17.0 Å². The fraction of sp³-hybridized carbons (Fsp3) is 0.136. The van der Waals surface area contributed by atoms with Gasteiger partial charge in [-0.15, -0.1) is 0 Å². The number of nitrogens with one attached hydrogen (secondary N) is 1. The number of hydrogen-bond acceptors (Lipinski definition) is 2. The molecule has 0 spiro atoms. The van der Waals surface area contributed by atoms with E-state index in [1.54, 1.807) is 24.3 Å². The highest BCUT2D eigenvalue weighted by atomic mass is 35.5. The van der Waals surface area contributed by atoms with Crippen molar-refractivity contribution in [3.05, 3.63) is 107 Å². The Morgan fingerprint density at radius 1 is 0.846 bits per heavy atom. The number of aliphatic hydroxyl groups is 1. The summed E-state index contributed by atoms with van der Waals surface area (Å²) in [4.78, 5) is 12.6. The summed E-state index contributed by atoms with van der Waals surface area (Å²) in [5.74, 6) is -0.198. The summed E-state index contributed by atoms with van der Waals surface area (Å²) in [6.07, 6.45) is -0.292. The zero-order valence-electron chi connectivity index (χ0n) is 14.2. The molecule has 0 aliphatic heterocycles. The molecule has 0 heterocycles. The highest BCUT2D eigenvalue weighted by Gasteiger charge is 2.20. The molecule has 0 radical (unpaired) electrons. The smallest absolute Gasteiger partial charge is 0.251 e. The Kier molecular flexibility index (Phi) is 6.05. The molecular weight excluding hydrogens is 346 g/mol. The number of amides is 1. The lowest BCUT2D eigenvalue weighted by atomic mass is 9.96. The second-order valence-corrected chi connectivity index (χ2v) is 6.54. The minimum absolute atomic E-state index is 0.198. The zero-order valence-corrected chi connectivity index (χ0v) is 14.9. The van der Waals surface area contributed by atoms with Crippen LogP contribution < -0.4 is 5.32 Å². The van der Waals surface area contributed by atoms with Gasteiger partial charge in [0.25, 0.3) is 5.91 Å². The van der Waals surface area contributed by atoms with E-state index in [4.69, 9.17) is 11.6 Å². The van der Waals surface area contributed by atoms with Gasteiger partial charge in [-0.2, -0.15) is 0 Å². The van der Waals surface area contributed by atoms with Crippen LogP contribution in [0.4, 0.5) is 0 Å².